The van der Waals surface area contributed by atoms with Gasteiger partial charge in [0.2, 0.25) is 0 Å². The first-order valence-corrected chi connectivity index (χ1v) is 19.9. The topological polar surface area (TPSA) is 123 Å². The predicted octanol–water partition coefficient (Wildman–Crippen LogP) is 9.68. The first kappa shape index (κ1) is 43.9. The number of benzene rings is 4. The van der Waals surface area contributed by atoms with E-state index in [0.717, 1.165) is 45.7 Å². The Bertz CT molecular complexity index is 2180. The fourth-order valence-electron chi connectivity index (χ4n) is 4.60. The zero-order valence-electron chi connectivity index (χ0n) is 31.6. The number of nitrogens with zero attached hydrogens (tertiary/aromatic N) is 2. The third-order valence-corrected chi connectivity index (χ3v) is 8.97. The van der Waals surface area contributed by atoms with Crippen LogP contribution in [0.4, 0.5) is 5.69 Å². The Labute approximate surface area is 336 Å². The van der Waals surface area contributed by atoms with Gasteiger partial charge in [-0.1, -0.05) is 86.2 Å². The molecule has 0 aliphatic rings. The fraction of sp³-hybridized carbons (Fsp3) is 0.233. The molecule has 1 heterocycles. The first-order valence-electron chi connectivity index (χ1n) is 17.3. The summed E-state index contributed by atoms with van der Waals surface area (Å²) < 4.78 is 15.6. The number of anilines is 1. The van der Waals surface area contributed by atoms with Crippen LogP contribution in [-0.2, 0) is 16.6 Å². The lowest BCUT2D eigenvalue weighted by Gasteiger charge is -2.08. The quantitative estimate of drug-likeness (QED) is 0.0639. The van der Waals surface area contributed by atoms with Gasteiger partial charge >= 0.3 is 11.9 Å². The van der Waals surface area contributed by atoms with Crippen LogP contribution in [0.3, 0.4) is 0 Å². The second-order valence-electron chi connectivity index (χ2n) is 11.3. The maximum absolute atomic E-state index is 10.9. The van der Waals surface area contributed by atoms with E-state index in [0.29, 0.717) is 27.6 Å². The molecule has 0 fully saturated rings. The molecule has 0 aliphatic carbocycles. The molecule has 0 saturated carbocycles. The third-order valence-electron chi connectivity index (χ3n) is 7.10. The largest absolute Gasteiger partial charge is 0.481 e. The van der Waals surface area contributed by atoms with Crippen molar-refractivity contribution < 1.29 is 29.3 Å². The Morgan fingerprint density at radius 3 is 2.13 bits per heavy atom. The van der Waals surface area contributed by atoms with E-state index in [1.807, 2.05) is 82.7 Å². The lowest BCUT2D eigenvalue weighted by molar-refractivity contribution is -0.140. The highest BCUT2D eigenvalue weighted by atomic mass is 35.5. The molecule has 0 amide bonds. The predicted molar refractivity (Wildman–Crippen MR) is 225 cm³/mol. The van der Waals surface area contributed by atoms with Crippen LogP contribution in [0.25, 0.3) is 11.1 Å². The van der Waals surface area contributed by atoms with E-state index >= 15 is 0 Å². The standard InChI is InChI=1S/C23H22N2O3S.C18H16ClNO3S.C2H6/c1-3-11-29-21-6-4-5-17(12-21)7-8-19-13-18(20-14-24-25(2)15-20)9-10-22(19)28-16-23(26)27;1-12-3-7-16(20-24-2)10-13(12)4-5-14-9-15(19)6-8-17(14)23-11-18(21)22;1-2/h4-6,9-10,12-15H,3,11,16H2,1-2H3,(H,26,27);3,6-10,20H,11H2,1-2H3,(H,21,22);1-2H3. The number of carboxylic acid groups (broad SMARTS) is 2. The van der Waals surface area contributed by atoms with Crippen LogP contribution >= 0.6 is 35.3 Å². The van der Waals surface area contributed by atoms with Gasteiger partial charge in [-0.25, -0.2) is 9.59 Å². The Morgan fingerprint density at radius 1 is 0.836 bits per heavy atom. The van der Waals surface area contributed by atoms with Gasteiger partial charge in [0.05, 0.1) is 17.3 Å². The number of halogens is 1. The number of aryl methyl sites for hydroxylation is 2. The van der Waals surface area contributed by atoms with Gasteiger partial charge < -0.3 is 24.4 Å². The summed E-state index contributed by atoms with van der Waals surface area (Å²) in [6.07, 6.45) is 6.76. The number of hydrogen-bond acceptors (Lipinski definition) is 8. The van der Waals surface area contributed by atoms with Crippen LogP contribution in [0.1, 0.15) is 55.0 Å². The van der Waals surface area contributed by atoms with Crippen LogP contribution < -0.4 is 14.2 Å². The molecule has 0 radical (unpaired) electrons. The van der Waals surface area contributed by atoms with E-state index in [9.17, 15) is 9.59 Å². The monoisotopic (exact) mass is 797 g/mol. The summed E-state index contributed by atoms with van der Waals surface area (Å²) >= 11 is 9.32. The van der Waals surface area contributed by atoms with Gasteiger partial charge in [-0.2, -0.15) is 5.10 Å². The smallest absolute Gasteiger partial charge is 0.341 e. The summed E-state index contributed by atoms with van der Waals surface area (Å²) in [5.74, 6) is 12.3. The molecule has 3 N–H and O–H groups in total. The Kier molecular flexibility index (Phi) is 18.7. The molecule has 0 spiro atoms. The van der Waals surface area contributed by atoms with Gasteiger partial charge in [0, 0.05) is 51.8 Å². The lowest BCUT2D eigenvalue weighted by Crippen LogP contribution is -2.10. The summed E-state index contributed by atoms with van der Waals surface area (Å²) in [7, 11) is 1.86. The van der Waals surface area contributed by atoms with Crippen LogP contribution in [-0.4, -0.2) is 57.2 Å². The van der Waals surface area contributed by atoms with Crippen LogP contribution in [0.2, 0.25) is 5.02 Å². The Balaban J connectivity index is 0.000000288. The fourth-order valence-corrected chi connectivity index (χ4v) is 5.96. The number of nitrogens with one attached hydrogen (secondary N) is 1. The molecule has 1 aromatic heterocycles. The van der Waals surface area contributed by atoms with Gasteiger partial charge in [0.15, 0.2) is 13.2 Å². The van der Waals surface area contributed by atoms with Crippen molar-refractivity contribution in [3.63, 3.8) is 0 Å². The number of carbonyl (C=O) groups is 2. The van der Waals surface area contributed by atoms with E-state index in [4.69, 9.17) is 31.3 Å². The molecular weight excluding hydrogens is 754 g/mol. The van der Waals surface area contributed by atoms with E-state index in [2.05, 4.69) is 52.6 Å². The maximum Gasteiger partial charge on any atom is 0.341 e. The van der Waals surface area contributed by atoms with Gasteiger partial charge in [-0.05, 0) is 90.9 Å². The average Bonchev–Trinajstić information content (AvgIpc) is 3.62. The second kappa shape index (κ2) is 23.4. The lowest BCUT2D eigenvalue weighted by atomic mass is 10.0. The molecule has 286 valence electrons. The van der Waals surface area contributed by atoms with E-state index in [1.165, 1.54) is 16.8 Å². The molecular formula is C43H44ClN3O6S2. The molecule has 55 heavy (non-hydrogen) atoms. The highest BCUT2D eigenvalue weighted by Gasteiger charge is 2.09. The number of hydrogen-bond donors (Lipinski definition) is 3. The van der Waals surface area contributed by atoms with Crippen molar-refractivity contribution in [2.75, 3.05) is 29.9 Å². The number of aliphatic carboxylic acids is 2. The van der Waals surface area contributed by atoms with Gasteiger partial charge in [0.1, 0.15) is 11.5 Å². The van der Waals surface area contributed by atoms with Crippen molar-refractivity contribution in [3.8, 4) is 46.3 Å². The van der Waals surface area contributed by atoms with E-state index < -0.39 is 25.2 Å². The number of aromatic nitrogens is 2. The minimum Gasteiger partial charge on any atom is -0.481 e. The molecule has 12 heteroatoms. The molecule has 4 aromatic carbocycles. The minimum atomic E-state index is -1.05. The van der Waals surface area contributed by atoms with E-state index in [-0.39, 0.29) is 0 Å². The van der Waals surface area contributed by atoms with Crippen LogP contribution in [0, 0.1) is 30.6 Å². The van der Waals surface area contributed by atoms with Crippen molar-refractivity contribution in [1.82, 2.24) is 9.78 Å². The van der Waals surface area contributed by atoms with Gasteiger partial charge in [-0.15, -0.1) is 11.8 Å². The maximum atomic E-state index is 10.9. The van der Waals surface area contributed by atoms with Crippen molar-refractivity contribution in [3.05, 3.63) is 124 Å². The molecule has 5 rings (SSSR count). The SMILES string of the molecule is CC.CCCSc1cccc(C#Cc2cc(-c3cnn(C)c3)ccc2OCC(=O)O)c1.CSNc1ccc(C)c(C#Cc2cc(Cl)ccc2OCC(=O)O)c1. The number of ether oxygens (including phenoxy) is 2. The van der Waals surface area contributed by atoms with Gasteiger partial charge in [-0.3, -0.25) is 4.68 Å². The molecule has 0 unspecified atom stereocenters. The summed E-state index contributed by atoms with van der Waals surface area (Å²) in [4.78, 5) is 22.8. The summed E-state index contributed by atoms with van der Waals surface area (Å²) in [5, 5.41) is 22.4. The average molecular weight is 798 g/mol. The molecule has 0 bridgehead atoms. The van der Waals surface area contributed by atoms with E-state index in [1.54, 1.807) is 46.9 Å². The first-order chi connectivity index (χ1) is 26.5. The molecule has 5 aromatic rings. The Morgan fingerprint density at radius 2 is 1.49 bits per heavy atom. The minimum absolute atomic E-state index is 0.394. The van der Waals surface area contributed by atoms with Gasteiger partial charge in [0.25, 0.3) is 0 Å². The van der Waals surface area contributed by atoms with Crippen molar-refractivity contribution in [1.29, 1.82) is 0 Å². The third kappa shape index (κ3) is 15.1. The second-order valence-corrected chi connectivity index (χ2v) is 13.5. The summed E-state index contributed by atoms with van der Waals surface area (Å²) in [5.41, 5.74) is 6.87. The molecule has 0 saturated heterocycles. The molecule has 0 aliphatic heterocycles. The van der Waals surface area contributed by atoms with Crippen molar-refractivity contribution in [2.24, 2.45) is 7.05 Å². The number of thioether (sulfide) groups is 1. The van der Waals surface area contributed by atoms with Crippen LogP contribution in [0.15, 0.2) is 96.2 Å². The molecule has 0 atom stereocenters. The normalized spacial score (nSPS) is 9.80. The highest BCUT2D eigenvalue weighted by molar-refractivity contribution is 7.99. The zero-order chi connectivity index (χ0) is 40.2. The number of carboxylic acids is 2. The molecule has 9 nitrogen and oxygen atoms in total. The van der Waals surface area contributed by atoms with Crippen molar-refractivity contribution in [2.45, 2.75) is 39.0 Å². The number of rotatable bonds is 12. The van der Waals surface area contributed by atoms with Crippen molar-refractivity contribution >= 4 is 52.9 Å². The summed E-state index contributed by atoms with van der Waals surface area (Å²) in [6, 6.07) is 24.5. The highest BCUT2D eigenvalue weighted by Crippen LogP contribution is 2.27. The summed E-state index contributed by atoms with van der Waals surface area (Å²) in [6.45, 7) is 7.30. The zero-order valence-corrected chi connectivity index (χ0v) is 34.0. The van der Waals surface area contributed by atoms with Crippen LogP contribution in [0.5, 0.6) is 11.5 Å². The Hall–Kier alpha value is -5.46.